The normalized spacial score (nSPS) is 18.1. The van der Waals surface area contributed by atoms with Gasteiger partial charge < -0.3 is 20.2 Å². The number of nitrogen functional groups attached to an aromatic ring is 1. The van der Waals surface area contributed by atoms with E-state index in [-0.39, 0.29) is 17.5 Å². The number of aromatic amines is 1. The van der Waals surface area contributed by atoms with Crippen molar-refractivity contribution in [3.63, 3.8) is 0 Å². The first kappa shape index (κ1) is 14.8. The molecule has 0 spiro atoms. The summed E-state index contributed by atoms with van der Waals surface area (Å²) >= 11 is 0. The highest BCUT2D eigenvalue weighted by molar-refractivity contribution is 5.81. The van der Waals surface area contributed by atoms with Gasteiger partial charge in [0.15, 0.2) is 11.5 Å². The third kappa shape index (κ3) is 2.92. The second kappa shape index (κ2) is 6.35. The fraction of sp³-hybridized carbons (Fsp3) is 0.643. The summed E-state index contributed by atoms with van der Waals surface area (Å²) in [6.45, 7) is 4.58. The predicted molar refractivity (Wildman–Crippen MR) is 81.9 cm³/mol. The van der Waals surface area contributed by atoms with Crippen molar-refractivity contribution in [1.29, 1.82) is 0 Å². The molecule has 0 aromatic carbocycles. The number of ether oxygens (including phenoxy) is 2. The van der Waals surface area contributed by atoms with E-state index in [9.17, 15) is 4.79 Å². The minimum atomic E-state index is -0.228. The number of anilines is 1. The number of aromatic nitrogens is 4. The molecule has 2 aromatic rings. The number of H-pyrrole nitrogens is 1. The summed E-state index contributed by atoms with van der Waals surface area (Å²) in [7, 11) is 0. The topological polar surface area (TPSA) is 108 Å². The van der Waals surface area contributed by atoms with Gasteiger partial charge >= 0.3 is 11.7 Å². The lowest BCUT2D eigenvalue weighted by Crippen LogP contribution is -2.22. The third-order valence-electron chi connectivity index (χ3n) is 3.82. The van der Waals surface area contributed by atoms with E-state index in [2.05, 4.69) is 21.9 Å². The molecule has 0 aliphatic carbocycles. The molecule has 3 rings (SSSR count). The molecule has 0 saturated carbocycles. The summed E-state index contributed by atoms with van der Waals surface area (Å²) in [6, 6.07) is 0.217. The minimum absolute atomic E-state index is 0.217. The minimum Gasteiger partial charge on any atom is -0.463 e. The number of nitrogens with two attached hydrogens (primary N) is 1. The van der Waals surface area contributed by atoms with Crippen molar-refractivity contribution in [2.75, 3.05) is 25.6 Å². The maximum absolute atomic E-state index is 12.2. The summed E-state index contributed by atoms with van der Waals surface area (Å²) in [6.07, 6.45) is 2.88. The van der Waals surface area contributed by atoms with Crippen LogP contribution in [0.25, 0.3) is 11.2 Å². The molecular weight excluding hydrogens is 286 g/mol. The Labute approximate surface area is 127 Å². The zero-order chi connectivity index (χ0) is 15.5. The molecule has 0 unspecified atom stereocenters. The van der Waals surface area contributed by atoms with Crippen molar-refractivity contribution in [2.24, 2.45) is 5.92 Å². The van der Waals surface area contributed by atoms with Gasteiger partial charge in [-0.05, 0) is 12.8 Å². The van der Waals surface area contributed by atoms with Gasteiger partial charge in [-0.2, -0.15) is 9.97 Å². The van der Waals surface area contributed by atoms with Gasteiger partial charge in [0, 0.05) is 19.1 Å². The van der Waals surface area contributed by atoms with E-state index in [1.807, 2.05) is 0 Å². The number of imidazole rings is 1. The molecule has 1 atom stereocenters. The van der Waals surface area contributed by atoms with Crippen molar-refractivity contribution < 1.29 is 9.47 Å². The van der Waals surface area contributed by atoms with Crippen molar-refractivity contribution in [1.82, 2.24) is 19.5 Å². The average molecular weight is 307 g/mol. The molecule has 0 amide bonds. The molecule has 8 heteroatoms. The van der Waals surface area contributed by atoms with Gasteiger partial charge in [-0.3, -0.25) is 4.57 Å². The lowest BCUT2D eigenvalue weighted by Gasteiger charge is -2.09. The Morgan fingerprint density at radius 2 is 2.36 bits per heavy atom. The van der Waals surface area contributed by atoms with E-state index in [0.29, 0.717) is 36.8 Å². The highest BCUT2D eigenvalue weighted by atomic mass is 16.5. The monoisotopic (exact) mass is 307 g/mol. The maximum atomic E-state index is 12.2. The molecule has 3 N–H and O–H groups in total. The average Bonchev–Trinajstić information content (AvgIpc) is 3.10. The second-order valence-corrected chi connectivity index (χ2v) is 5.56. The Kier molecular flexibility index (Phi) is 4.28. The molecule has 1 aliphatic heterocycles. The Morgan fingerprint density at radius 1 is 1.50 bits per heavy atom. The van der Waals surface area contributed by atoms with E-state index in [1.54, 1.807) is 4.57 Å². The van der Waals surface area contributed by atoms with Crippen LogP contribution in [0, 0.1) is 5.92 Å². The molecule has 22 heavy (non-hydrogen) atoms. The molecule has 1 fully saturated rings. The molecule has 2 aromatic heterocycles. The summed E-state index contributed by atoms with van der Waals surface area (Å²) in [5, 5.41) is 0. The number of unbranched alkanes of at least 4 members (excludes halogenated alkanes) is 1. The lowest BCUT2D eigenvalue weighted by atomic mass is 10.1. The van der Waals surface area contributed by atoms with Crippen molar-refractivity contribution in [2.45, 2.75) is 32.7 Å². The SMILES string of the molecule is CCCCOc1nc(N)c2[nH]c(=O)n(C[C@H]3CCOC3)c2n1. The summed E-state index contributed by atoms with van der Waals surface area (Å²) in [5.74, 6) is 0.548. The van der Waals surface area contributed by atoms with Crippen LogP contribution in [0.15, 0.2) is 4.79 Å². The van der Waals surface area contributed by atoms with Crippen molar-refractivity contribution >= 4 is 17.0 Å². The van der Waals surface area contributed by atoms with Gasteiger partial charge in [0.05, 0.1) is 13.2 Å². The Bertz CT molecular complexity index is 702. The first-order valence-electron chi connectivity index (χ1n) is 7.65. The molecule has 0 bridgehead atoms. The zero-order valence-corrected chi connectivity index (χ0v) is 12.7. The first-order valence-corrected chi connectivity index (χ1v) is 7.65. The fourth-order valence-corrected chi connectivity index (χ4v) is 2.56. The maximum Gasteiger partial charge on any atom is 0.327 e. The van der Waals surface area contributed by atoms with E-state index in [1.165, 1.54) is 0 Å². The van der Waals surface area contributed by atoms with Crippen LogP contribution >= 0.6 is 0 Å². The highest BCUT2D eigenvalue weighted by Crippen LogP contribution is 2.20. The van der Waals surface area contributed by atoms with Crippen LogP contribution in [0.2, 0.25) is 0 Å². The van der Waals surface area contributed by atoms with Gasteiger partial charge in [0.25, 0.3) is 0 Å². The Hall–Kier alpha value is -2.09. The molecule has 0 radical (unpaired) electrons. The van der Waals surface area contributed by atoms with Gasteiger partial charge in [-0.25, -0.2) is 4.79 Å². The second-order valence-electron chi connectivity index (χ2n) is 5.56. The number of nitrogens with one attached hydrogen (secondary N) is 1. The summed E-state index contributed by atoms with van der Waals surface area (Å²) < 4.78 is 12.5. The number of nitrogens with zero attached hydrogens (tertiary/aromatic N) is 3. The van der Waals surface area contributed by atoms with E-state index >= 15 is 0 Å². The molecule has 1 saturated heterocycles. The van der Waals surface area contributed by atoms with E-state index < -0.39 is 0 Å². The highest BCUT2D eigenvalue weighted by Gasteiger charge is 2.21. The molecule has 120 valence electrons. The number of fused-ring (bicyclic) bond motifs is 1. The predicted octanol–water partition coefficient (Wildman–Crippen LogP) is 0.917. The fourth-order valence-electron chi connectivity index (χ4n) is 2.56. The van der Waals surface area contributed by atoms with E-state index in [4.69, 9.17) is 15.2 Å². The van der Waals surface area contributed by atoms with Gasteiger partial charge in [0.2, 0.25) is 0 Å². The standard InChI is InChI=1S/C14H21N5O3/c1-2-3-5-22-13-17-11(15)10-12(18-13)19(14(20)16-10)7-9-4-6-21-8-9/h9H,2-8H2,1H3,(H,16,20)(H2,15,17,18)/t9-/m1/s1. The zero-order valence-electron chi connectivity index (χ0n) is 12.7. The molecule has 1 aliphatic rings. The molecular formula is C14H21N5O3. The number of hydrogen-bond donors (Lipinski definition) is 2. The van der Waals surface area contributed by atoms with Crippen LogP contribution in [0.4, 0.5) is 5.82 Å². The smallest absolute Gasteiger partial charge is 0.327 e. The quantitative estimate of drug-likeness (QED) is 0.768. The van der Waals surface area contributed by atoms with Crippen LogP contribution in [-0.2, 0) is 11.3 Å². The van der Waals surface area contributed by atoms with Crippen molar-refractivity contribution in [3.05, 3.63) is 10.5 Å². The lowest BCUT2D eigenvalue weighted by molar-refractivity contribution is 0.182. The van der Waals surface area contributed by atoms with Crippen LogP contribution in [0.5, 0.6) is 6.01 Å². The van der Waals surface area contributed by atoms with Gasteiger partial charge in [-0.1, -0.05) is 13.3 Å². The Morgan fingerprint density at radius 3 is 3.09 bits per heavy atom. The largest absolute Gasteiger partial charge is 0.463 e. The summed E-state index contributed by atoms with van der Waals surface area (Å²) in [5.41, 5.74) is 6.65. The third-order valence-corrected chi connectivity index (χ3v) is 3.82. The van der Waals surface area contributed by atoms with Crippen LogP contribution in [-0.4, -0.2) is 39.3 Å². The number of rotatable bonds is 6. The Balaban J connectivity index is 1.92. The van der Waals surface area contributed by atoms with Crippen LogP contribution in [0.3, 0.4) is 0 Å². The number of hydrogen-bond acceptors (Lipinski definition) is 6. The van der Waals surface area contributed by atoms with Gasteiger partial charge in [0.1, 0.15) is 5.52 Å². The molecule has 3 heterocycles. The van der Waals surface area contributed by atoms with Gasteiger partial charge in [-0.15, -0.1) is 0 Å². The van der Waals surface area contributed by atoms with Crippen LogP contribution in [0.1, 0.15) is 26.2 Å². The molecule has 8 nitrogen and oxygen atoms in total. The summed E-state index contributed by atoms with van der Waals surface area (Å²) in [4.78, 5) is 23.3. The van der Waals surface area contributed by atoms with Crippen LogP contribution < -0.4 is 16.2 Å². The van der Waals surface area contributed by atoms with E-state index in [0.717, 1.165) is 25.9 Å². The first-order chi connectivity index (χ1) is 10.7. The van der Waals surface area contributed by atoms with Crippen molar-refractivity contribution in [3.8, 4) is 6.01 Å².